The third-order valence-corrected chi connectivity index (χ3v) is 3.71. The summed E-state index contributed by atoms with van der Waals surface area (Å²) < 4.78 is 5.65. The average Bonchev–Trinajstić information content (AvgIpc) is 2.92. The Morgan fingerprint density at radius 1 is 1.39 bits per heavy atom. The van der Waals surface area contributed by atoms with Crippen LogP contribution in [0.25, 0.3) is 0 Å². The first-order chi connectivity index (χ1) is 8.79. The fraction of sp³-hybridized carbons (Fsp3) is 0.357. The van der Waals surface area contributed by atoms with E-state index in [-0.39, 0.29) is 6.04 Å². The topological polar surface area (TPSA) is 48.1 Å². The van der Waals surface area contributed by atoms with Gasteiger partial charge in [-0.05, 0) is 30.0 Å². The van der Waals surface area contributed by atoms with E-state index in [1.807, 2.05) is 12.1 Å². The molecule has 4 heteroatoms. The molecule has 0 aliphatic rings. The summed E-state index contributed by atoms with van der Waals surface area (Å²) in [6.45, 7) is 2.74. The van der Waals surface area contributed by atoms with E-state index in [4.69, 9.17) is 10.5 Å². The van der Waals surface area contributed by atoms with Crippen LogP contribution in [0, 0.1) is 0 Å². The SMILES string of the molecule is CC[C@@H](N)c1ccc(OCCc2cccs2)cn1. The molecule has 0 bridgehead atoms. The van der Waals surface area contributed by atoms with Crippen LogP contribution in [-0.2, 0) is 6.42 Å². The molecule has 0 aliphatic carbocycles. The van der Waals surface area contributed by atoms with Gasteiger partial charge in [-0.3, -0.25) is 4.98 Å². The molecule has 0 spiro atoms. The highest BCUT2D eigenvalue weighted by Gasteiger charge is 2.04. The summed E-state index contributed by atoms with van der Waals surface area (Å²) in [6, 6.07) is 8.07. The molecule has 1 atom stereocenters. The van der Waals surface area contributed by atoms with Gasteiger partial charge in [-0.2, -0.15) is 0 Å². The highest BCUT2D eigenvalue weighted by atomic mass is 32.1. The summed E-state index contributed by atoms with van der Waals surface area (Å²) in [6.07, 6.45) is 3.58. The second-order valence-electron chi connectivity index (χ2n) is 4.11. The number of hydrogen-bond donors (Lipinski definition) is 1. The number of rotatable bonds is 6. The molecule has 0 aliphatic heterocycles. The van der Waals surface area contributed by atoms with E-state index in [1.54, 1.807) is 17.5 Å². The third kappa shape index (κ3) is 3.55. The normalized spacial score (nSPS) is 12.3. The zero-order chi connectivity index (χ0) is 12.8. The number of aromatic nitrogens is 1. The zero-order valence-electron chi connectivity index (χ0n) is 10.5. The van der Waals surface area contributed by atoms with E-state index in [9.17, 15) is 0 Å². The van der Waals surface area contributed by atoms with Crippen molar-refractivity contribution >= 4 is 11.3 Å². The second-order valence-corrected chi connectivity index (χ2v) is 5.14. The lowest BCUT2D eigenvalue weighted by Crippen LogP contribution is -2.10. The summed E-state index contributed by atoms with van der Waals surface area (Å²) in [4.78, 5) is 5.66. The molecule has 2 heterocycles. The summed E-state index contributed by atoms with van der Waals surface area (Å²) in [5, 5.41) is 2.08. The van der Waals surface area contributed by atoms with E-state index < -0.39 is 0 Å². The summed E-state index contributed by atoms with van der Waals surface area (Å²) in [5.74, 6) is 0.804. The molecule has 0 aromatic carbocycles. The van der Waals surface area contributed by atoms with Crippen LogP contribution in [0.15, 0.2) is 35.8 Å². The third-order valence-electron chi connectivity index (χ3n) is 2.78. The van der Waals surface area contributed by atoms with Gasteiger partial charge in [0.05, 0.1) is 18.5 Å². The molecule has 3 nitrogen and oxygen atoms in total. The Morgan fingerprint density at radius 2 is 2.28 bits per heavy atom. The molecule has 0 unspecified atom stereocenters. The first-order valence-electron chi connectivity index (χ1n) is 6.16. The second kappa shape index (κ2) is 6.52. The molecule has 0 amide bonds. The fourth-order valence-electron chi connectivity index (χ4n) is 1.63. The van der Waals surface area contributed by atoms with Gasteiger partial charge in [0, 0.05) is 17.3 Å². The van der Waals surface area contributed by atoms with E-state index in [2.05, 4.69) is 29.4 Å². The number of nitrogens with two attached hydrogens (primary N) is 1. The molecule has 2 N–H and O–H groups in total. The molecule has 0 radical (unpaired) electrons. The van der Waals surface area contributed by atoms with Crippen molar-refractivity contribution < 1.29 is 4.74 Å². The number of thiophene rings is 1. The molecule has 2 aromatic rings. The number of nitrogens with zero attached hydrogens (tertiary/aromatic N) is 1. The monoisotopic (exact) mass is 262 g/mol. The van der Waals surface area contributed by atoms with Crippen molar-refractivity contribution in [2.75, 3.05) is 6.61 Å². The van der Waals surface area contributed by atoms with Gasteiger partial charge >= 0.3 is 0 Å². The maximum Gasteiger partial charge on any atom is 0.137 e. The quantitative estimate of drug-likeness (QED) is 0.869. The summed E-state index contributed by atoms with van der Waals surface area (Å²) >= 11 is 1.76. The van der Waals surface area contributed by atoms with E-state index in [1.165, 1.54) is 4.88 Å². The van der Waals surface area contributed by atoms with Gasteiger partial charge in [-0.25, -0.2) is 0 Å². The van der Waals surface area contributed by atoms with Crippen molar-refractivity contribution in [3.05, 3.63) is 46.4 Å². The molecule has 0 saturated carbocycles. The van der Waals surface area contributed by atoms with Gasteiger partial charge in [-0.1, -0.05) is 13.0 Å². The number of pyridine rings is 1. The molecular formula is C14H18N2OS. The van der Waals surface area contributed by atoms with Crippen LogP contribution < -0.4 is 10.5 Å². The molecule has 2 rings (SSSR count). The first kappa shape index (κ1) is 13.1. The molecule has 0 saturated heterocycles. The minimum absolute atomic E-state index is 0.0187. The molecule has 0 fully saturated rings. The van der Waals surface area contributed by atoms with Gasteiger partial charge in [0.15, 0.2) is 0 Å². The van der Waals surface area contributed by atoms with Crippen LogP contribution >= 0.6 is 11.3 Å². The van der Waals surface area contributed by atoms with E-state index >= 15 is 0 Å². The maximum atomic E-state index is 5.91. The standard InChI is InChI=1S/C14H18N2OS/c1-2-13(15)14-6-5-11(10-16-14)17-8-7-12-4-3-9-18-12/h3-6,9-10,13H,2,7-8,15H2,1H3/t13-/m1/s1. The van der Waals surface area contributed by atoms with Crippen molar-refractivity contribution in [2.45, 2.75) is 25.8 Å². The van der Waals surface area contributed by atoms with Crippen molar-refractivity contribution in [2.24, 2.45) is 5.73 Å². The highest BCUT2D eigenvalue weighted by Crippen LogP contribution is 2.16. The predicted octanol–water partition coefficient (Wildman–Crippen LogP) is 3.17. The highest BCUT2D eigenvalue weighted by molar-refractivity contribution is 7.09. The molecule has 2 aromatic heterocycles. The minimum Gasteiger partial charge on any atom is -0.492 e. The Hall–Kier alpha value is -1.39. The lowest BCUT2D eigenvalue weighted by atomic mass is 10.1. The zero-order valence-corrected chi connectivity index (χ0v) is 11.3. The van der Waals surface area contributed by atoms with Gasteiger partial charge in [0.2, 0.25) is 0 Å². The predicted molar refractivity (Wildman–Crippen MR) is 75.0 cm³/mol. The van der Waals surface area contributed by atoms with Gasteiger partial charge in [0.1, 0.15) is 5.75 Å². The van der Waals surface area contributed by atoms with E-state index in [0.717, 1.165) is 24.3 Å². The smallest absolute Gasteiger partial charge is 0.137 e. The van der Waals surface area contributed by atoms with Crippen LogP contribution in [0.1, 0.15) is 30.0 Å². The maximum absolute atomic E-state index is 5.91. The fourth-order valence-corrected chi connectivity index (χ4v) is 2.32. The van der Waals surface area contributed by atoms with Crippen molar-refractivity contribution in [3.63, 3.8) is 0 Å². The molecule has 96 valence electrons. The lowest BCUT2D eigenvalue weighted by Gasteiger charge is -2.09. The summed E-state index contributed by atoms with van der Waals surface area (Å²) in [7, 11) is 0. The van der Waals surface area contributed by atoms with Crippen LogP contribution in [0.5, 0.6) is 5.75 Å². The Kier molecular flexibility index (Phi) is 4.73. The van der Waals surface area contributed by atoms with Crippen molar-refractivity contribution in [1.29, 1.82) is 0 Å². The summed E-state index contributed by atoms with van der Waals surface area (Å²) in [5.41, 5.74) is 6.83. The average molecular weight is 262 g/mol. The lowest BCUT2D eigenvalue weighted by molar-refractivity contribution is 0.321. The van der Waals surface area contributed by atoms with Gasteiger partial charge in [-0.15, -0.1) is 11.3 Å². The van der Waals surface area contributed by atoms with Gasteiger partial charge < -0.3 is 10.5 Å². The number of hydrogen-bond acceptors (Lipinski definition) is 4. The van der Waals surface area contributed by atoms with Crippen LogP contribution in [0.4, 0.5) is 0 Å². The van der Waals surface area contributed by atoms with Gasteiger partial charge in [0.25, 0.3) is 0 Å². The van der Waals surface area contributed by atoms with Crippen molar-refractivity contribution in [3.8, 4) is 5.75 Å². The van der Waals surface area contributed by atoms with Crippen LogP contribution in [-0.4, -0.2) is 11.6 Å². The Balaban J connectivity index is 1.83. The Morgan fingerprint density at radius 3 is 2.89 bits per heavy atom. The number of ether oxygens (including phenoxy) is 1. The Labute approximate surface area is 112 Å². The molecular weight excluding hydrogens is 244 g/mol. The molecule has 18 heavy (non-hydrogen) atoms. The van der Waals surface area contributed by atoms with E-state index in [0.29, 0.717) is 6.61 Å². The Bertz CT molecular complexity index is 453. The van der Waals surface area contributed by atoms with Crippen LogP contribution in [0.2, 0.25) is 0 Å². The van der Waals surface area contributed by atoms with Crippen LogP contribution in [0.3, 0.4) is 0 Å². The first-order valence-corrected chi connectivity index (χ1v) is 7.04. The van der Waals surface area contributed by atoms with Crippen molar-refractivity contribution in [1.82, 2.24) is 4.98 Å². The largest absolute Gasteiger partial charge is 0.492 e. The minimum atomic E-state index is 0.0187.